The molecule has 5 nitrogen and oxygen atoms in total. The molecule has 0 aliphatic heterocycles. The fourth-order valence-electron chi connectivity index (χ4n) is 2.46. The van der Waals surface area contributed by atoms with E-state index in [9.17, 15) is 8.42 Å². The van der Waals surface area contributed by atoms with E-state index in [4.69, 9.17) is 4.74 Å². The summed E-state index contributed by atoms with van der Waals surface area (Å²) in [5, 5.41) is 0. The predicted octanol–water partition coefficient (Wildman–Crippen LogP) is 3.17. The molecule has 0 bridgehead atoms. The van der Waals surface area contributed by atoms with Crippen molar-refractivity contribution in [1.29, 1.82) is 0 Å². The zero-order valence-electron chi connectivity index (χ0n) is 14.8. The van der Waals surface area contributed by atoms with E-state index in [-0.39, 0.29) is 16.9 Å². The van der Waals surface area contributed by atoms with Crippen molar-refractivity contribution in [3.63, 3.8) is 0 Å². The average molecular weight is 348 g/mol. The molecular formula is C18H24N2O3S. The summed E-state index contributed by atoms with van der Waals surface area (Å²) >= 11 is 0. The van der Waals surface area contributed by atoms with Crippen molar-refractivity contribution in [2.75, 3.05) is 7.11 Å². The van der Waals surface area contributed by atoms with Crippen molar-refractivity contribution in [1.82, 2.24) is 9.71 Å². The van der Waals surface area contributed by atoms with E-state index >= 15 is 0 Å². The molecule has 1 aromatic carbocycles. The molecule has 2 aromatic rings. The summed E-state index contributed by atoms with van der Waals surface area (Å²) in [6.45, 7) is 8.10. The molecule has 0 aliphatic rings. The molecule has 0 atom stereocenters. The van der Waals surface area contributed by atoms with Crippen LogP contribution in [0.2, 0.25) is 0 Å². The van der Waals surface area contributed by atoms with Crippen LogP contribution >= 0.6 is 0 Å². The van der Waals surface area contributed by atoms with Crippen LogP contribution in [-0.4, -0.2) is 20.5 Å². The van der Waals surface area contributed by atoms with Crippen LogP contribution < -0.4 is 9.46 Å². The van der Waals surface area contributed by atoms with Crippen molar-refractivity contribution < 1.29 is 13.2 Å². The topological polar surface area (TPSA) is 68.3 Å². The minimum Gasteiger partial charge on any atom is -0.495 e. The fourth-order valence-corrected chi connectivity index (χ4v) is 3.73. The van der Waals surface area contributed by atoms with Crippen LogP contribution in [0.3, 0.4) is 0 Å². The summed E-state index contributed by atoms with van der Waals surface area (Å²) < 4.78 is 33.7. The number of nitrogens with one attached hydrogen (secondary N) is 1. The van der Waals surface area contributed by atoms with E-state index in [0.717, 1.165) is 11.1 Å². The molecule has 0 saturated carbocycles. The smallest absolute Gasteiger partial charge is 0.244 e. The van der Waals surface area contributed by atoms with Crippen LogP contribution in [0.4, 0.5) is 0 Å². The number of hydrogen-bond acceptors (Lipinski definition) is 4. The molecule has 1 heterocycles. The van der Waals surface area contributed by atoms with Crippen molar-refractivity contribution >= 4 is 10.0 Å². The lowest BCUT2D eigenvalue weighted by Crippen LogP contribution is -2.25. The Hall–Kier alpha value is -1.92. The number of ether oxygens (including phenoxy) is 1. The lowest BCUT2D eigenvalue weighted by atomic mass is 9.85. The largest absolute Gasteiger partial charge is 0.495 e. The third-order valence-corrected chi connectivity index (χ3v) is 5.08. The van der Waals surface area contributed by atoms with Gasteiger partial charge < -0.3 is 4.74 Å². The van der Waals surface area contributed by atoms with Gasteiger partial charge in [-0.3, -0.25) is 4.98 Å². The predicted molar refractivity (Wildman–Crippen MR) is 94.7 cm³/mol. The Labute approximate surface area is 144 Å². The van der Waals surface area contributed by atoms with E-state index in [1.807, 2.05) is 39.8 Å². The second-order valence-corrected chi connectivity index (χ2v) is 8.47. The van der Waals surface area contributed by atoms with Gasteiger partial charge in [0, 0.05) is 11.8 Å². The Morgan fingerprint density at radius 2 is 1.92 bits per heavy atom. The van der Waals surface area contributed by atoms with Gasteiger partial charge in [-0.15, -0.1) is 0 Å². The molecular weight excluding hydrogens is 324 g/mol. The molecule has 0 spiro atoms. The maximum Gasteiger partial charge on any atom is 0.244 e. The molecule has 6 heteroatoms. The van der Waals surface area contributed by atoms with Gasteiger partial charge in [-0.25, -0.2) is 13.1 Å². The van der Waals surface area contributed by atoms with Crippen molar-refractivity contribution in [2.45, 2.75) is 44.6 Å². The van der Waals surface area contributed by atoms with Gasteiger partial charge in [-0.1, -0.05) is 32.9 Å². The number of aryl methyl sites for hydroxylation is 1. The molecule has 0 saturated heterocycles. The van der Waals surface area contributed by atoms with Gasteiger partial charge in [0.2, 0.25) is 10.0 Å². The standard InChI is InChI=1S/C18H24N2O3S/c1-13-10-15(18(2,3)4)17(23-5)16(11-13)24(21,22)20-12-14-8-6-7-9-19-14/h6-11,20H,12H2,1-5H3. The van der Waals surface area contributed by atoms with E-state index in [1.165, 1.54) is 7.11 Å². The first-order valence-electron chi connectivity index (χ1n) is 7.74. The zero-order valence-corrected chi connectivity index (χ0v) is 15.6. The molecule has 0 radical (unpaired) electrons. The van der Waals surface area contributed by atoms with Crippen LogP contribution in [0.25, 0.3) is 0 Å². The first-order chi connectivity index (χ1) is 11.1. The van der Waals surface area contributed by atoms with Crippen LogP contribution in [0.5, 0.6) is 5.75 Å². The number of methoxy groups -OCH3 is 1. The highest BCUT2D eigenvalue weighted by Gasteiger charge is 2.27. The second-order valence-electron chi connectivity index (χ2n) is 6.74. The normalized spacial score (nSPS) is 12.2. The van der Waals surface area contributed by atoms with Gasteiger partial charge in [-0.2, -0.15) is 0 Å². The minimum absolute atomic E-state index is 0.130. The van der Waals surface area contributed by atoms with Crippen LogP contribution in [0, 0.1) is 6.92 Å². The number of rotatable bonds is 5. The Kier molecular flexibility index (Phi) is 5.30. The van der Waals surface area contributed by atoms with E-state index < -0.39 is 10.0 Å². The number of pyridine rings is 1. The minimum atomic E-state index is -3.72. The Bertz CT molecular complexity index is 810. The highest BCUT2D eigenvalue weighted by atomic mass is 32.2. The highest BCUT2D eigenvalue weighted by Crippen LogP contribution is 2.37. The first-order valence-corrected chi connectivity index (χ1v) is 9.22. The van der Waals surface area contributed by atoms with Gasteiger partial charge in [0.05, 0.1) is 19.3 Å². The third kappa shape index (κ3) is 4.13. The lowest BCUT2D eigenvalue weighted by Gasteiger charge is -2.24. The zero-order chi connectivity index (χ0) is 18.0. The number of aromatic nitrogens is 1. The Balaban J connectivity index is 2.44. The SMILES string of the molecule is COc1c(C(C)(C)C)cc(C)cc1S(=O)(=O)NCc1ccccn1. The molecule has 1 N–H and O–H groups in total. The maximum atomic E-state index is 12.8. The fraction of sp³-hybridized carbons (Fsp3) is 0.389. The molecule has 1 aromatic heterocycles. The van der Waals surface area contributed by atoms with Crippen LogP contribution in [0.15, 0.2) is 41.4 Å². The molecule has 2 rings (SSSR count). The highest BCUT2D eigenvalue weighted by molar-refractivity contribution is 7.89. The van der Waals surface area contributed by atoms with Crippen molar-refractivity contribution in [3.8, 4) is 5.75 Å². The summed E-state index contributed by atoms with van der Waals surface area (Å²) in [5.41, 5.74) is 2.16. The maximum absolute atomic E-state index is 12.8. The summed E-state index contributed by atoms with van der Waals surface area (Å²) in [4.78, 5) is 4.29. The summed E-state index contributed by atoms with van der Waals surface area (Å²) in [6, 6.07) is 8.99. The van der Waals surface area contributed by atoms with E-state index in [1.54, 1.807) is 24.4 Å². The van der Waals surface area contributed by atoms with E-state index in [2.05, 4.69) is 9.71 Å². The molecule has 0 aliphatic carbocycles. The van der Waals surface area contributed by atoms with Crippen molar-refractivity contribution in [3.05, 3.63) is 53.3 Å². The number of benzene rings is 1. The van der Waals surface area contributed by atoms with Crippen LogP contribution in [0.1, 0.15) is 37.6 Å². The van der Waals surface area contributed by atoms with Gasteiger partial charge in [0.1, 0.15) is 10.6 Å². The summed E-state index contributed by atoms with van der Waals surface area (Å²) in [7, 11) is -2.22. The van der Waals surface area contributed by atoms with Gasteiger partial charge in [-0.05, 0) is 36.1 Å². The van der Waals surface area contributed by atoms with Gasteiger partial charge in [0.25, 0.3) is 0 Å². The van der Waals surface area contributed by atoms with E-state index in [0.29, 0.717) is 11.4 Å². The molecule has 0 unspecified atom stereocenters. The summed E-state index contributed by atoms with van der Waals surface area (Å²) in [5.74, 6) is 0.390. The number of hydrogen-bond donors (Lipinski definition) is 1. The Morgan fingerprint density at radius 3 is 2.46 bits per heavy atom. The Morgan fingerprint density at radius 1 is 1.21 bits per heavy atom. The molecule has 0 amide bonds. The third-order valence-electron chi connectivity index (χ3n) is 3.67. The second kappa shape index (κ2) is 6.91. The first kappa shape index (κ1) is 18.4. The number of sulfonamides is 1. The quantitative estimate of drug-likeness (QED) is 0.901. The van der Waals surface area contributed by atoms with Gasteiger partial charge >= 0.3 is 0 Å². The number of nitrogens with zero attached hydrogens (tertiary/aromatic N) is 1. The van der Waals surface area contributed by atoms with Crippen molar-refractivity contribution in [2.24, 2.45) is 0 Å². The molecule has 0 fully saturated rings. The lowest BCUT2D eigenvalue weighted by molar-refractivity contribution is 0.385. The summed E-state index contributed by atoms with van der Waals surface area (Å²) in [6.07, 6.45) is 1.63. The average Bonchev–Trinajstić information content (AvgIpc) is 2.52. The monoisotopic (exact) mass is 348 g/mol. The van der Waals surface area contributed by atoms with Gasteiger partial charge in [0.15, 0.2) is 0 Å². The molecule has 130 valence electrons. The van der Waals surface area contributed by atoms with Crippen LogP contribution in [-0.2, 0) is 22.0 Å². The molecule has 24 heavy (non-hydrogen) atoms.